The second-order valence-corrected chi connectivity index (χ2v) is 8.07. The molecule has 0 saturated carbocycles. The van der Waals surface area contributed by atoms with Crippen LogP contribution in [0.15, 0.2) is 36.7 Å². The zero-order chi connectivity index (χ0) is 18.0. The van der Waals surface area contributed by atoms with Crippen LogP contribution in [0.3, 0.4) is 0 Å². The maximum atomic E-state index is 13.0. The van der Waals surface area contributed by atoms with Crippen molar-refractivity contribution in [2.24, 2.45) is 5.92 Å². The molecule has 1 aromatic heterocycles. The molecule has 1 aromatic carbocycles. The lowest BCUT2D eigenvalue weighted by Crippen LogP contribution is -2.35. The summed E-state index contributed by atoms with van der Waals surface area (Å²) in [4.78, 5) is 2.41. The standard InChI is InChI=1S/C20H28FN3O/c1-20(2,3)24-14-15(12-22-24)13-23-10-8-17(9-11-23)19(25)16-4-6-18(21)7-5-16/h4-7,12,14,17,19,25H,8-11,13H2,1-3H3. The molecule has 3 rings (SSSR count). The number of rotatable bonds is 4. The Bertz CT molecular complexity index is 682. The predicted octanol–water partition coefficient (Wildman–Crippen LogP) is 3.72. The van der Waals surface area contributed by atoms with E-state index in [2.05, 4.69) is 37.0 Å². The van der Waals surface area contributed by atoms with E-state index >= 15 is 0 Å². The molecule has 0 radical (unpaired) electrons. The Balaban J connectivity index is 1.53. The minimum Gasteiger partial charge on any atom is -0.388 e. The second-order valence-electron chi connectivity index (χ2n) is 8.07. The van der Waals surface area contributed by atoms with Crippen molar-refractivity contribution < 1.29 is 9.50 Å². The summed E-state index contributed by atoms with van der Waals surface area (Å²) in [6, 6.07) is 6.21. The van der Waals surface area contributed by atoms with Gasteiger partial charge < -0.3 is 5.11 Å². The highest BCUT2D eigenvalue weighted by Crippen LogP contribution is 2.31. The molecule has 1 saturated heterocycles. The third-order valence-corrected chi connectivity index (χ3v) is 5.02. The van der Waals surface area contributed by atoms with Crippen molar-refractivity contribution in [3.05, 3.63) is 53.6 Å². The predicted molar refractivity (Wildman–Crippen MR) is 96.6 cm³/mol. The number of aliphatic hydroxyl groups excluding tert-OH is 1. The molecule has 0 spiro atoms. The van der Waals surface area contributed by atoms with Crippen molar-refractivity contribution in [2.75, 3.05) is 13.1 Å². The summed E-state index contributed by atoms with van der Waals surface area (Å²) in [6.45, 7) is 9.26. The van der Waals surface area contributed by atoms with Gasteiger partial charge in [-0.3, -0.25) is 9.58 Å². The van der Waals surface area contributed by atoms with Crippen LogP contribution in [0, 0.1) is 11.7 Å². The smallest absolute Gasteiger partial charge is 0.123 e. The van der Waals surface area contributed by atoms with Gasteiger partial charge in [0.1, 0.15) is 5.82 Å². The Labute approximate surface area is 149 Å². The van der Waals surface area contributed by atoms with Crippen molar-refractivity contribution in [3.63, 3.8) is 0 Å². The van der Waals surface area contributed by atoms with Crippen LogP contribution in [0.5, 0.6) is 0 Å². The first-order valence-electron chi connectivity index (χ1n) is 9.03. The van der Waals surface area contributed by atoms with Gasteiger partial charge in [-0.25, -0.2) is 4.39 Å². The molecule has 1 aliphatic heterocycles. The van der Waals surface area contributed by atoms with E-state index in [4.69, 9.17) is 0 Å². The summed E-state index contributed by atoms with van der Waals surface area (Å²) in [5.74, 6) is -0.0272. The number of likely N-dealkylation sites (tertiary alicyclic amines) is 1. The van der Waals surface area contributed by atoms with Crippen LogP contribution < -0.4 is 0 Å². The number of halogens is 1. The van der Waals surface area contributed by atoms with Gasteiger partial charge in [0.05, 0.1) is 17.8 Å². The van der Waals surface area contributed by atoms with Gasteiger partial charge in [-0.15, -0.1) is 0 Å². The van der Waals surface area contributed by atoms with Gasteiger partial charge in [-0.1, -0.05) is 12.1 Å². The highest BCUT2D eigenvalue weighted by atomic mass is 19.1. The van der Waals surface area contributed by atoms with Crippen LogP contribution in [-0.2, 0) is 12.1 Å². The fraction of sp³-hybridized carbons (Fsp3) is 0.550. The molecule has 2 heterocycles. The summed E-state index contributed by atoms with van der Waals surface area (Å²) in [6.07, 6.45) is 5.47. The van der Waals surface area contributed by atoms with Gasteiger partial charge in [0.25, 0.3) is 0 Å². The number of aromatic nitrogens is 2. The van der Waals surface area contributed by atoms with E-state index in [1.165, 1.54) is 17.7 Å². The summed E-state index contributed by atoms with van der Waals surface area (Å²) in [7, 11) is 0. The van der Waals surface area contributed by atoms with Gasteiger partial charge in [0, 0.05) is 18.3 Å². The molecule has 0 bridgehead atoms. The third-order valence-electron chi connectivity index (χ3n) is 5.02. The fourth-order valence-electron chi connectivity index (χ4n) is 3.43. The Morgan fingerprint density at radius 2 is 1.84 bits per heavy atom. The van der Waals surface area contributed by atoms with Crippen LogP contribution in [0.4, 0.5) is 4.39 Å². The number of aliphatic hydroxyl groups is 1. The molecular formula is C20H28FN3O. The topological polar surface area (TPSA) is 41.3 Å². The van der Waals surface area contributed by atoms with Crippen LogP contribution in [0.25, 0.3) is 0 Å². The number of piperidine rings is 1. The van der Waals surface area contributed by atoms with Gasteiger partial charge in [-0.2, -0.15) is 5.10 Å². The first-order chi connectivity index (χ1) is 11.8. The molecule has 1 atom stereocenters. The van der Waals surface area contributed by atoms with Gasteiger partial charge in [-0.05, 0) is 70.3 Å². The van der Waals surface area contributed by atoms with Crippen LogP contribution >= 0.6 is 0 Å². The molecule has 0 amide bonds. The van der Waals surface area contributed by atoms with Crippen LogP contribution in [0.1, 0.15) is 50.8 Å². The van der Waals surface area contributed by atoms with E-state index in [1.54, 1.807) is 12.1 Å². The van der Waals surface area contributed by atoms with Crippen molar-refractivity contribution in [3.8, 4) is 0 Å². The van der Waals surface area contributed by atoms with Gasteiger partial charge >= 0.3 is 0 Å². The lowest BCUT2D eigenvalue weighted by Gasteiger charge is -2.34. The maximum absolute atomic E-state index is 13.0. The summed E-state index contributed by atoms with van der Waals surface area (Å²) in [5.41, 5.74) is 2.04. The average molecular weight is 345 g/mol. The van der Waals surface area contributed by atoms with Crippen molar-refractivity contribution in [2.45, 2.75) is 51.8 Å². The van der Waals surface area contributed by atoms with Crippen LogP contribution in [0.2, 0.25) is 0 Å². The monoisotopic (exact) mass is 345 g/mol. The second kappa shape index (κ2) is 7.26. The minimum absolute atomic E-state index is 0.00448. The molecule has 2 aromatic rings. The fourth-order valence-corrected chi connectivity index (χ4v) is 3.43. The van der Waals surface area contributed by atoms with E-state index in [-0.39, 0.29) is 17.3 Å². The third kappa shape index (κ3) is 4.47. The van der Waals surface area contributed by atoms with Crippen molar-refractivity contribution >= 4 is 0 Å². The molecule has 4 nitrogen and oxygen atoms in total. The molecule has 1 fully saturated rings. The summed E-state index contributed by atoms with van der Waals surface area (Å²) in [5, 5.41) is 15.0. The first-order valence-corrected chi connectivity index (χ1v) is 9.03. The van der Waals surface area contributed by atoms with E-state index < -0.39 is 6.10 Å². The van der Waals surface area contributed by atoms with Gasteiger partial charge in [0.2, 0.25) is 0 Å². The normalized spacial score (nSPS) is 18.4. The average Bonchev–Trinajstić information content (AvgIpc) is 3.04. The molecule has 5 heteroatoms. The van der Waals surface area contributed by atoms with E-state index in [0.717, 1.165) is 38.0 Å². The van der Waals surface area contributed by atoms with Gasteiger partial charge in [0.15, 0.2) is 0 Å². The number of benzene rings is 1. The number of hydrogen-bond donors (Lipinski definition) is 1. The maximum Gasteiger partial charge on any atom is 0.123 e. The Hall–Kier alpha value is -1.72. The largest absolute Gasteiger partial charge is 0.388 e. The lowest BCUT2D eigenvalue weighted by atomic mass is 9.87. The summed E-state index contributed by atoms with van der Waals surface area (Å²) < 4.78 is 15.0. The highest BCUT2D eigenvalue weighted by molar-refractivity contribution is 5.19. The Kier molecular flexibility index (Phi) is 5.25. The van der Waals surface area contributed by atoms with Crippen molar-refractivity contribution in [1.29, 1.82) is 0 Å². The molecule has 1 unspecified atom stereocenters. The minimum atomic E-state index is -0.508. The highest BCUT2D eigenvalue weighted by Gasteiger charge is 2.26. The first kappa shape index (κ1) is 18.1. The molecule has 136 valence electrons. The lowest BCUT2D eigenvalue weighted by molar-refractivity contribution is 0.0567. The molecule has 1 aliphatic rings. The van der Waals surface area contributed by atoms with Crippen LogP contribution in [-0.4, -0.2) is 32.9 Å². The zero-order valence-electron chi connectivity index (χ0n) is 15.3. The number of hydrogen-bond acceptors (Lipinski definition) is 3. The Morgan fingerprint density at radius 3 is 2.40 bits per heavy atom. The van der Waals surface area contributed by atoms with E-state index in [1.807, 2.05) is 10.9 Å². The molecule has 1 N–H and O–H groups in total. The molecule has 0 aliphatic carbocycles. The quantitative estimate of drug-likeness (QED) is 0.918. The Morgan fingerprint density at radius 1 is 1.20 bits per heavy atom. The summed E-state index contributed by atoms with van der Waals surface area (Å²) >= 11 is 0. The number of nitrogens with zero attached hydrogens (tertiary/aromatic N) is 3. The van der Waals surface area contributed by atoms with E-state index in [9.17, 15) is 9.50 Å². The SMILES string of the molecule is CC(C)(C)n1cc(CN2CCC(C(O)c3ccc(F)cc3)CC2)cn1. The zero-order valence-corrected chi connectivity index (χ0v) is 15.3. The van der Waals surface area contributed by atoms with E-state index in [0.29, 0.717) is 0 Å². The molecular weight excluding hydrogens is 317 g/mol. The van der Waals surface area contributed by atoms with Crippen molar-refractivity contribution in [1.82, 2.24) is 14.7 Å². The molecule has 25 heavy (non-hydrogen) atoms.